The first kappa shape index (κ1) is 9.20. The maximum atomic E-state index is 12.4. The van der Waals surface area contributed by atoms with E-state index in [0.717, 1.165) is 5.56 Å². The molecule has 1 radical (unpaired) electrons. The Bertz CT molecular complexity index is 246. The lowest BCUT2D eigenvalue weighted by atomic mass is 9.99. The second-order valence-electron chi connectivity index (χ2n) is 3.56. The van der Waals surface area contributed by atoms with Gasteiger partial charge in [0.25, 0.3) is 0 Å². The van der Waals surface area contributed by atoms with Crippen LogP contribution in [-0.4, -0.2) is 5.60 Å². The molecule has 0 N–H and O–H groups in total. The minimum Gasteiger partial charge on any atom is -0.230 e. The zero-order valence-corrected chi connectivity index (χ0v) is 7.30. The lowest BCUT2D eigenvalue weighted by Gasteiger charge is -2.13. The van der Waals surface area contributed by atoms with E-state index in [-0.39, 0.29) is 5.82 Å². The van der Waals surface area contributed by atoms with Gasteiger partial charge >= 0.3 is 0 Å². The monoisotopic (exact) mass is 167 g/mol. The van der Waals surface area contributed by atoms with Crippen molar-refractivity contribution in [2.24, 2.45) is 0 Å². The van der Waals surface area contributed by atoms with Gasteiger partial charge in [0.1, 0.15) is 11.4 Å². The fraction of sp³-hybridized carbons (Fsp3) is 0.400. The fourth-order valence-corrected chi connectivity index (χ4v) is 1.09. The average molecular weight is 167 g/mol. The summed E-state index contributed by atoms with van der Waals surface area (Å²) in [5.41, 5.74) is -0.0888. The molecule has 0 heterocycles. The first-order valence-electron chi connectivity index (χ1n) is 3.92. The molecule has 0 aliphatic carbocycles. The van der Waals surface area contributed by atoms with Crippen LogP contribution >= 0.6 is 0 Å². The molecule has 1 nitrogen and oxygen atoms in total. The fourth-order valence-electron chi connectivity index (χ4n) is 1.09. The van der Waals surface area contributed by atoms with E-state index in [9.17, 15) is 9.50 Å². The first-order chi connectivity index (χ1) is 5.47. The standard InChI is InChI=1S/C10H12FO/c1-10(2,12)7-8-3-5-9(11)6-4-8/h3-6H,7H2,1-2H3. The van der Waals surface area contributed by atoms with E-state index in [4.69, 9.17) is 0 Å². The van der Waals surface area contributed by atoms with Crippen molar-refractivity contribution in [2.75, 3.05) is 0 Å². The van der Waals surface area contributed by atoms with Crippen LogP contribution in [0, 0.1) is 5.82 Å². The summed E-state index contributed by atoms with van der Waals surface area (Å²) in [6.07, 6.45) is 0.438. The van der Waals surface area contributed by atoms with Crippen molar-refractivity contribution in [1.29, 1.82) is 0 Å². The predicted octanol–water partition coefficient (Wildman–Crippen LogP) is 2.58. The molecule has 0 amide bonds. The Morgan fingerprint density at radius 2 is 1.75 bits per heavy atom. The molecular formula is C10H12FO. The van der Waals surface area contributed by atoms with Gasteiger partial charge < -0.3 is 0 Å². The summed E-state index contributed by atoms with van der Waals surface area (Å²) in [5, 5.41) is 11.3. The maximum absolute atomic E-state index is 12.4. The SMILES string of the molecule is CC(C)([O])Cc1ccc(F)cc1. The molecule has 0 atom stereocenters. The zero-order chi connectivity index (χ0) is 9.19. The van der Waals surface area contributed by atoms with Gasteiger partial charge in [-0.15, -0.1) is 0 Å². The third-order valence-electron chi connectivity index (χ3n) is 1.54. The second-order valence-corrected chi connectivity index (χ2v) is 3.56. The smallest absolute Gasteiger partial charge is 0.123 e. The average Bonchev–Trinajstić information content (AvgIpc) is 1.91. The summed E-state index contributed by atoms with van der Waals surface area (Å²) in [6, 6.07) is 6.05. The largest absolute Gasteiger partial charge is 0.230 e. The van der Waals surface area contributed by atoms with E-state index in [1.165, 1.54) is 12.1 Å². The molecule has 1 aromatic rings. The highest BCUT2D eigenvalue weighted by atomic mass is 19.1. The van der Waals surface area contributed by atoms with Crippen molar-refractivity contribution in [3.63, 3.8) is 0 Å². The lowest BCUT2D eigenvalue weighted by Crippen LogP contribution is -2.19. The van der Waals surface area contributed by atoms with Gasteiger partial charge in [0, 0.05) is 6.42 Å². The Labute approximate surface area is 71.9 Å². The molecule has 2 heteroatoms. The van der Waals surface area contributed by atoms with Crippen LogP contribution in [0.2, 0.25) is 0 Å². The van der Waals surface area contributed by atoms with Crippen molar-refractivity contribution in [3.8, 4) is 0 Å². The highest BCUT2D eigenvalue weighted by Crippen LogP contribution is 2.12. The summed E-state index contributed by atoms with van der Waals surface area (Å²) >= 11 is 0. The molecule has 0 spiro atoms. The van der Waals surface area contributed by atoms with E-state index in [2.05, 4.69) is 0 Å². The maximum Gasteiger partial charge on any atom is 0.123 e. The Hall–Kier alpha value is -0.890. The normalized spacial score (nSPS) is 11.7. The Kier molecular flexibility index (Phi) is 2.48. The van der Waals surface area contributed by atoms with Crippen LogP contribution in [0.5, 0.6) is 0 Å². The number of hydrogen-bond acceptors (Lipinski definition) is 0. The van der Waals surface area contributed by atoms with Gasteiger partial charge in [-0.25, -0.2) is 9.50 Å². The van der Waals surface area contributed by atoms with Crippen LogP contribution in [0.1, 0.15) is 19.4 Å². The third-order valence-corrected chi connectivity index (χ3v) is 1.54. The molecule has 0 aromatic heterocycles. The number of rotatable bonds is 2. The van der Waals surface area contributed by atoms with E-state index >= 15 is 0 Å². The predicted molar refractivity (Wildman–Crippen MR) is 44.9 cm³/mol. The van der Waals surface area contributed by atoms with Gasteiger partial charge in [-0.05, 0) is 31.5 Å². The van der Waals surface area contributed by atoms with E-state index in [1.54, 1.807) is 26.0 Å². The van der Waals surface area contributed by atoms with Crippen molar-refractivity contribution in [2.45, 2.75) is 25.9 Å². The molecular weight excluding hydrogens is 155 g/mol. The molecule has 65 valence electrons. The highest BCUT2D eigenvalue weighted by molar-refractivity contribution is 5.17. The zero-order valence-electron chi connectivity index (χ0n) is 7.30. The topological polar surface area (TPSA) is 19.9 Å². The van der Waals surface area contributed by atoms with Crippen molar-refractivity contribution < 1.29 is 9.50 Å². The van der Waals surface area contributed by atoms with Crippen molar-refractivity contribution in [3.05, 3.63) is 35.6 Å². The molecule has 0 bridgehead atoms. The van der Waals surface area contributed by atoms with Crippen LogP contribution in [0.15, 0.2) is 24.3 Å². The molecule has 0 aliphatic heterocycles. The number of benzene rings is 1. The Morgan fingerprint density at radius 1 is 1.25 bits per heavy atom. The van der Waals surface area contributed by atoms with Crippen LogP contribution < -0.4 is 0 Å². The van der Waals surface area contributed by atoms with Crippen LogP contribution in [-0.2, 0) is 11.5 Å². The molecule has 0 fully saturated rings. The second kappa shape index (κ2) is 3.23. The lowest BCUT2D eigenvalue weighted by molar-refractivity contribution is 0.00477. The van der Waals surface area contributed by atoms with Crippen molar-refractivity contribution in [1.82, 2.24) is 0 Å². The molecule has 0 saturated heterocycles. The molecule has 1 rings (SSSR count). The van der Waals surface area contributed by atoms with Gasteiger partial charge in [-0.1, -0.05) is 12.1 Å². The van der Waals surface area contributed by atoms with E-state index in [0.29, 0.717) is 6.42 Å². The van der Waals surface area contributed by atoms with Gasteiger partial charge in [-0.2, -0.15) is 0 Å². The summed E-state index contributed by atoms with van der Waals surface area (Å²) < 4.78 is 12.4. The summed E-state index contributed by atoms with van der Waals surface area (Å²) in [4.78, 5) is 0. The van der Waals surface area contributed by atoms with Crippen LogP contribution in [0.25, 0.3) is 0 Å². The van der Waals surface area contributed by atoms with E-state index < -0.39 is 5.60 Å². The van der Waals surface area contributed by atoms with Gasteiger partial charge in [0.05, 0.1) is 0 Å². The molecule has 0 unspecified atom stereocenters. The van der Waals surface area contributed by atoms with Gasteiger partial charge in [-0.3, -0.25) is 0 Å². The van der Waals surface area contributed by atoms with Crippen LogP contribution in [0.3, 0.4) is 0 Å². The third kappa shape index (κ3) is 3.01. The van der Waals surface area contributed by atoms with Gasteiger partial charge in [0.2, 0.25) is 0 Å². The number of halogens is 1. The van der Waals surface area contributed by atoms with Gasteiger partial charge in [0.15, 0.2) is 0 Å². The van der Waals surface area contributed by atoms with E-state index in [1.807, 2.05) is 0 Å². The minimum atomic E-state index is -0.974. The first-order valence-corrected chi connectivity index (χ1v) is 3.92. The minimum absolute atomic E-state index is 0.262. The Morgan fingerprint density at radius 3 is 2.17 bits per heavy atom. The van der Waals surface area contributed by atoms with Crippen LogP contribution in [0.4, 0.5) is 4.39 Å². The molecule has 1 aromatic carbocycles. The Balaban J connectivity index is 2.71. The highest BCUT2D eigenvalue weighted by Gasteiger charge is 2.15. The molecule has 0 saturated carbocycles. The van der Waals surface area contributed by atoms with Crippen molar-refractivity contribution >= 4 is 0 Å². The number of hydrogen-bond donors (Lipinski definition) is 0. The molecule has 12 heavy (non-hydrogen) atoms. The summed E-state index contributed by atoms with van der Waals surface area (Å²) in [5.74, 6) is -0.262. The summed E-state index contributed by atoms with van der Waals surface area (Å²) in [6.45, 7) is 3.24. The molecule has 0 aliphatic rings. The summed E-state index contributed by atoms with van der Waals surface area (Å²) in [7, 11) is 0. The quantitative estimate of drug-likeness (QED) is 0.645.